The van der Waals surface area contributed by atoms with E-state index in [1.165, 1.54) is 16.1 Å². The summed E-state index contributed by atoms with van der Waals surface area (Å²) in [5.41, 5.74) is 8.34. The van der Waals surface area contributed by atoms with E-state index in [0.29, 0.717) is 12.5 Å². The minimum absolute atomic E-state index is 0.0742. The summed E-state index contributed by atoms with van der Waals surface area (Å²) in [4.78, 5) is 3.54. The van der Waals surface area contributed by atoms with Crippen molar-refractivity contribution in [2.75, 3.05) is 24.7 Å². The number of aliphatic hydroxyl groups excluding tert-OH is 1. The summed E-state index contributed by atoms with van der Waals surface area (Å²) in [6.45, 7) is 1.58. The summed E-state index contributed by atoms with van der Waals surface area (Å²) < 4.78 is 0. The minimum Gasteiger partial charge on any atom is -0.393 e. The Hall–Kier alpha value is -0.710. The van der Waals surface area contributed by atoms with Gasteiger partial charge < -0.3 is 15.7 Å². The fourth-order valence-corrected chi connectivity index (χ4v) is 3.29. The predicted molar refractivity (Wildman–Crippen MR) is 78.1 cm³/mol. The molecule has 0 radical (unpaired) electrons. The van der Waals surface area contributed by atoms with Gasteiger partial charge in [0.05, 0.1) is 6.10 Å². The zero-order chi connectivity index (χ0) is 13.1. The first-order chi connectivity index (χ1) is 8.65. The van der Waals surface area contributed by atoms with Crippen LogP contribution in [0.1, 0.15) is 18.4 Å². The number of nitrogens with two attached hydrogens (primary N) is 1. The maximum Gasteiger partial charge on any atom is 0.0546 e. The summed E-state index contributed by atoms with van der Waals surface area (Å²) in [6.07, 6.45) is 3.88. The highest BCUT2D eigenvalue weighted by Crippen LogP contribution is 2.32. The average Bonchev–Trinajstić information content (AvgIpc) is 2.35. The van der Waals surface area contributed by atoms with Crippen LogP contribution in [0, 0.1) is 5.92 Å². The van der Waals surface area contributed by atoms with E-state index in [1.54, 1.807) is 11.8 Å². The molecule has 0 spiro atoms. The summed E-state index contributed by atoms with van der Waals surface area (Å²) in [6, 6.07) is 6.35. The van der Waals surface area contributed by atoms with Gasteiger partial charge in [-0.05, 0) is 37.1 Å². The maximum absolute atomic E-state index is 9.34. The first kappa shape index (κ1) is 13.7. The molecular weight excluding hydrogens is 244 g/mol. The third-order valence-electron chi connectivity index (χ3n) is 3.69. The van der Waals surface area contributed by atoms with Crippen LogP contribution in [-0.2, 0) is 6.54 Å². The van der Waals surface area contributed by atoms with Gasteiger partial charge in [-0.1, -0.05) is 6.07 Å². The number of anilines is 1. The monoisotopic (exact) mass is 266 g/mol. The Labute approximate surface area is 113 Å². The number of hydrogen-bond acceptors (Lipinski definition) is 4. The van der Waals surface area contributed by atoms with E-state index in [9.17, 15) is 5.11 Å². The molecule has 0 amide bonds. The molecule has 1 fully saturated rings. The van der Waals surface area contributed by atoms with Crippen molar-refractivity contribution in [3.8, 4) is 0 Å². The summed E-state index contributed by atoms with van der Waals surface area (Å²) >= 11 is 1.74. The highest BCUT2D eigenvalue weighted by Gasteiger charge is 2.28. The zero-order valence-electron chi connectivity index (χ0n) is 11.1. The van der Waals surface area contributed by atoms with Crippen LogP contribution in [0.2, 0.25) is 0 Å². The van der Waals surface area contributed by atoms with Crippen molar-refractivity contribution >= 4 is 17.4 Å². The smallest absolute Gasteiger partial charge is 0.0546 e. The van der Waals surface area contributed by atoms with Crippen LogP contribution in [0.25, 0.3) is 0 Å². The van der Waals surface area contributed by atoms with Crippen LogP contribution in [0.15, 0.2) is 23.1 Å². The van der Waals surface area contributed by atoms with Gasteiger partial charge in [0.1, 0.15) is 0 Å². The average molecular weight is 266 g/mol. The summed E-state index contributed by atoms with van der Waals surface area (Å²) in [5.74, 6) is 0.619. The molecule has 4 heteroatoms. The Bertz CT molecular complexity index is 405. The van der Waals surface area contributed by atoms with Crippen molar-refractivity contribution < 1.29 is 5.11 Å². The molecule has 0 saturated heterocycles. The lowest BCUT2D eigenvalue weighted by Crippen LogP contribution is -2.37. The molecule has 0 unspecified atom stereocenters. The van der Waals surface area contributed by atoms with Gasteiger partial charge in [0.2, 0.25) is 0 Å². The van der Waals surface area contributed by atoms with E-state index in [1.807, 2.05) is 0 Å². The van der Waals surface area contributed by atoms with Crippen LogP contribution in [0.5, 0.6) is 0 Å². The van der Waals surface area contributed by atoms with Crippen molar-refractivity contribution in [2.24, 2.45) is 11.7 Å². The van der Waals surface area contributed by atoms with Gasteiger partial charge in [0, 0.05) is 36.3 Å². The van der Waals surface area contributed by atoms with Gasteiger partial charge in [-0.25, -0.2) is 0 Å². The van der Waals surface area contributed by atoms with Crippen LogP contribution in [0.4, 0.5) is 5.69 Å². The molecule has 18 heavy (non-hydrogen) atoms. The molecule has 1 aromatic rings. The Balaban J connectivity index is 2.11. The standard InChI is InChI=1S/C14H22N2OS/c1-16(9-10-6-11(17)7-10)13-4-3-5-14(18-2)12(13)8-15/h3-5,10-11,17H,6-9,15H2,1-2H3. The molecule has 3 N–H and O–H groups in total. The van der Waals surface area contributed by atoms with Gasteiger partial charge >= 0.3 is 0 Å². The van der Waals surface area contributed by atoms with E-state index < -0.39 is 0 Å². The number of hydrogen-bond donors (Lipinski definition) is 2. The Morgan fingerprint density at radius 1 is 1.44 bits per heavy atom. The van der Waals surface area contributed by atoms with Crippen molar-refractivity contribution in [3.05, 3.63) is 23.8 Å². The normalized spacial score (nSPS) is 22.7. The molecular formula is C14H22N2OS. The first-order valence-corrected chi connectivity index (χ1v) is 7.63. The van der Waals surface area contributed by atoms with Gasteiger partial charge in [-0.15, -0.1) is 11.8 Å². The summed E-state index contributed by atoms with van der Waals surface area (Å²) in [5, 5.41) is 9.34. The molecule has 0 aliphatic heterocycles. The van der Waals surface area contributed by atoms with E-state index in [0.717, 1.165) is 19.4 Å². The lowest BCUT2D eigenvalue weighted by molar-refractivity contribution is 0.0464. The molecule has 1 aromatic carbocycles. The SMILES string of the molecule is CSc1cccc(N(C)CC2CC(O)C2)c1CN. The lowest BCUT2D eigenvalue weighted by atomic mass is 9.82. The quantitative estimate of drug-likeness (QED) is 0.801. The highest BCUT2D eigenvalue weighted by atomic mass is 32.2. The zero-order valence-corrected chi connectivity index (χ0v) is 11.9. The largest absolute Gasteiger partial charge is 0.393 e. The fraction of sp³-hybridized carbons (Fsp3) is 0.571. The van der Waals surface area contributed by atoms with Crippen LogP contribution < -0.4 is 10.6 Å². The van der Waals surface area contributed by atoms with Crippen LogP contribution in [0.3, 0.4) is 0 Å². The van der Waals surface area contributed by atoms with Gasteiger partial charge in [0.15, 0.2) is 0 Å². The van der Waals surface area contributed by atoms with Crippen molar-refractivity contribution in [3.63, 3.8) is 0 Å². The molecule has 100 valence electrons. The number of nitrogens with zero attached hydrogens (tertiary/aromatic N) is 1. The Kier molecular flexibility index (Phi) is 4.54. The molecule has 1 saturated carbocycles. The number of thioether (sulfide) groups is 1. The van der Waals surface area contributed by atoms with Crippen LogP contribution >= 0.6 is 11.8 Å². The second-order valence-electron chi connectivity index (χ2n) is 5.03. The second-order valence-corrected chi connectivity index (χ2v) is 5.88. The third-order valence-corrected chi connectivity index (χ3v) is 4.51. The third kappa shape index (κ3) is 2.82. The molecule has 3 nitrogen and oxygen atoms in total. The molecule has 2 rings (SSSR count). The maximum atomic E-state index is 9.34. The van der Waals surface area contributed by atoms with Crippen LogP contribution in [-0.4, -0.2) is 31.1 Å². The molecule has 1 aliphatic rings. The summed E-state index contributed by atoms with van der Waals surface area (Å²) in [7, 11) is 2.11. The van der Waals surface area contributed by atoms with E-state index in [2.05, 4.69) is 36.4 Å². The Morgan fingerprint density at radius 2 is 2.17 bits per heavy atom. The van der Waals surface area contributed by atoms with E-state index in [4.69, 9.17) is 5.73 Å². The van der Waals surface area contributed by atoms with Crippen molar-refractivity contribution in [1.82, 2.24) is 0 Å². The predicted octanol–water partition coefficient (Wildman–Crippen LogP) is 2.07. The second kappa shape index (κ2) is 5.95. The molecule has 1 aliphatic carbocycles. The van der Waals surface area contributed by atoms with E-state index >= 15 is 0 Å². The van der Waals surface area contributed by atoms with Crippen molar-refractivity contribution in [1.29, 1.82) is 0 Å². The minimum atomic E-state index is -0.0742. The molecule has 0 atom stereocenters. The van der Waals surface area contributed by atoms with Crippen molar-refractivity contribution in [2.45, 2.75) is 30.4 Å². The highest BCUT2D eigenvalue weighted by molar-refractivity contribution is 7.98. The fourth-order valence-electron chi connectivity index (χ4n) is 2.64. The molecule has 0 heterocycles. The number of rotatable bonds is 5. The van der Waals surface area contributed by atoms with E-state index in [-0.39, 0.29) is 6.10 Å². The number of benzene rings is 1. The van der Waals surface area contributed by atoms with Gasteiger partial charge in [0.25, 0.3) is 0 Å². The number of aliphatic hydroxyl groups is 1. The lowest BCUT2D eigenvalue weighted by Gasteiger charge is -2.36. The topological polar surface area (TPSA) is 49.5 Å². The van der Waals surface area contributed by atoms with Gasteiger partial charge in [-0.2, -0.15) is 0 Å². The first-order valence-electron chi connectivity index (χ1n) is 6.40. The molecule has 0 bridgehead atoms. The Morgan fingerprint density at radius 3 is 2.72 bits per heavy atom. The molecule has 0 aromatic heterocycles. The van der Waals surface area contributed by atoms with Gasteiger partial charge in [-0.3, -0.25) is 0 Å².